The van der Waals surface area contributed by atoms with Crippen LogP contribution >= 0.6 is 22.9 Å². The van der Waals surface area contributed by atoms with Crippen LogP contribution in [0.15, 0.2) is 30.3 Å². The van der Waals surface area contributed by atoms with Crippen LogP contribution in [0.5, 0.6) is 0 Å². The summed E-state index contributed by atoms with van der Waals surface area (Å²) in [5.41, 5.74) is 2.65. The molecule has 1 aromatic carbocycles. The zero-order chi connectivity index (χ0) is 22.2. The van der Waals surface area contributed by atoms with E-state index in [0.29, 0.717) is 10.7 Å². The van der Waals surface area contributed by atoms with Crippen molar-refractivity contribution in [3.05, 3.63) is 56.4 Å². The van der Waals surface area contributed by atoms with E-state index in [9.17, 15) is 9.59 Å². The first-order valence-corrected chi connectivity index (χ1v) is 12.4. The minimum absolute atomic E-state index is 0.0292. The summed E-state index contributed by atoms with van der Waals surface area (Å²) in [5, 5.41) is 7.91. The van der Waals surface area contributed by atoms with Gasteiger partial charge in [-0.25, -0.2) is 0 Å². The minimum atomic E-state index is -0.155. The maximum atomic E-state index is 13.0. The predicted molar refractivity (Wildman–Crippen MR) is 129 cm³/mol. The average molecular weight is 471 g/mol. The highest BCUT2D eigenvalue weighted by Crippen LogP contribution is 2.28. The molecule has 0 saturated heterocycles. The molecular weight excluding hydrogens is 444 g/mol. The van der Waals surface area contributed by atoms with Crippen molar-refractivity contribution in [2.24, 2.45) is 0 Å². The molecule has 0 spiro atoms. The van der Waals surface area contributed by atoms with Gasteiger partial charge >= 0.3 is 0 Å². The van der Waals surface area contributed by atoms with E-state index >= 15 is 0 Å². The Bertz CT molecular complexity index is 1170. The summed E-state index contributed by atoms with van der Waals surface area (Å²) in [7, 11) is 2.11. The number of H-pyrrole nitrogens is 1. The van der Waals surface area contributed by atoms with Crippen molar-refractivity contribution in [2.75, 3.05) is 13.6 Å². The number of amides is 2. The molecular formula is C24H27ClN4O2S. The van der Waals surface area contributed by atoms with Gasteiger partial charge in [-0.1, -0.05) is 24.4 Å². The van der Waals surface area contributed by atoms with Gasteiger partial charge in [0, 0.05) is 46.0 Å². The second-order valence-corrected chi connectivity index (χ2v) is 10.5. The van der Waals surface area contributed by atoms with Gasteiger partial charge in [0.1, 0.15) is 5.69 Å². The third-order valence-electron chi connectivity index (χ3n) is 6.51. The summed E-state index contributed by atoms with van der Waals surface area (Å²) in [6, 6.07) is 9.21. The highest BCUT2D eigenvalue weighted by atomic mass is 35.5. The lowest BCUT2D eigenvalue weighted by molar-refractivity contribution is 0.0862. The van der Waals surface area contributed by atoms with Crippen LogP contribution in [0.2, 0.25) is 5.02 Å². The molecule has 0 radical (unpaired) electrons. The van der Waals surface area contributed by atoms with Gasteiger partial charge in [0.2, 0.25) is 0 Å². The van der Waals surface area contributed by atoms with E-state index in [-0.39, 0.29) is 23.9 Å². The molecule has 2 aromatic heterocycles. The van der Waals surface area contributed by atoms with Crippen LogP contribution in [0.25, 0.3) is 10.9 Å². The van der Waals surface area contributed by atoms with E-state index in [2.05, 4.69) is 27.6 Å². The summed E-state index contributed by atoms with van der Waals surface area (Å²) in [4.78, 5) is 33.5. The molecule has 1 aliphatic heterocycles. The van der Waals surface area contributed by atoms with Crippen molar-refractivity contribution in [2.45, 2.75) is 50.7 Å². The molecule has 1 saturated carbocycles. The molecule has 2 aliphatic rings. The Morgan fingerprint density at radius 2 is 1.84 bits per heavy atom. The third kappa shape index (κ3) is 4.42. The molecule has 1 aliphatic carbocycles. The largest absolute Gasteiger partial charge is 0.351 e. The number of aromatic nitrogens is 1. The van der Waals surface area contributed by atoms with Crippen molar-refractivity contribution in [1.29, 1.82) is 0 Å². The Kier molecular flexibility index (Phi) is 5.97. The number of likely N-dealkylation sites (N-methyl/N-ethyl adjacent to an activating group) is 1. The number of halogens is 1. The number of rotatable bonds is 4. The summed E-state index contributed by atoms with van der Waals surface area (Å²) in [6.07, 6.45) is 4.82. The molecule has 3 heterocycles. The molecule has 2 atom stereocenters. The number of carbonyl (C=O) groups is 2. The number of benzene rings is 1. The zero-order valence-electron chi connectivity index (χ0n) is 18.0. The molecule has 2 amide bonds. The average Bonchev–Trinajstić information content (AvgIpc) is 3.38. The molecule has 168 valence electrons. The van der Waals surface area contributed by atoms with Crippen LogP contribution in [0.1, 0.15) is 56.3 Å². The highest BCUT2D eigenvalue weighted by molar-refractivity contribution is 7.14. The quantitative estimate of drug-likeness (QED) is 0.530. The van der Waals surface area contributed by atoms with Gasteiger partial charge in [0.05, 0.1) is 4.88 Å². The molecule has 5 rings (SSSR count). The van der Waals surface area contributed by atoms with Crippen molar-refractivity contribution >= 4 is 45.7 Å². The van der Waals surface area contributed by atoms with Crippen molar-refractivity contribution in [1.82, 2.24) is 20.5 Å². The van der Waals surface area contributed by atoms with Gasteiger partial charge in [0.15, 0.2) is 0 Å². The van der Waals surface area contributed by atoms with Crippen LogP contribution in [-0.4, -0.2) is 47.4 Å². The Balaban J connectivity index is 1.27. The third-order valence-corrected chi connectivity index (χ3v) is 7.98. The molecule has 3 aromatic rings. The van der Waals surface area contributed by atoms with E-state index in [1.807, 2.05) is 24.3 Å². The number of hydrogen-bond donors (Lipinski definition) is 3. The Labute approximate surface area is 196 Å². The Morgan fingerprint density at radius 1 is 1.09 bits per heavy atom. The summed E-state index contributed by atoms with van der Waals surface area (Å²) < 4.78 is 0. The number of fused-ring (bicyclic) bond motifs is 2. The lowest BCUT2D eigenvalue weighted by atomic mass is 9.90. The molecule has 0 bridgehead atoms. The van der Waals surface area contributed by atoms with Gasteiger partial charge in [-0.05, 0) is 62.2 Å². The fourth-order valence-electron chi connectivity index (χ4n) is 4.77. The van der Waals surface area contributed by atoms with Gasteiger partial charge in [-0.15, -0.1) is 11.3 Å². The number of carbonyl (C=O) groups excluding carboxylic acids is 2. The second kappa shape index (κ2) is 8.89. The fraction of sp³-hybridized carbons (Fsp3) is 0.417. The lowest BCUT2D eigenvalue weighted by Gasteiger charge is -2.32. The van der Waals surface area contributed by atoms with Gasteiger partial charge in [-0.2, -0.15) is 0 Å². The summed E-state index contributed by atoms with van der Waals surface area (Å²) >= 11 is 7.67. The summed E-state index contributed by atoms with van der Waals surface area (Å²) in [5.74, 6) is -0.184. The van der Waals surface area contributed by atoms with Gasteiger partial charge in [0.25, 0.3) is 11.8 Å². The number of hydrogen-bond acceptors (Lipinski definition) is 4. The van der Waals surface area contributed by atoms with Crippen molar-refractivity contribution in [3.8, 4) is 0 Å². The monoisotopic (exact) mass is 470 g/mol. The zero-order valence-corrected chi connectivity index (χ0v) is 19.6. The van der Waals surface area contributed by atoms with Crippen LogP contribution in [0.4, 0.5) is 0 Å². The van der Waals surface area contributed by atoms with Gasteiger partial charge in [-0.3, -0.25) is 9.59 Å². The number of thiophene rings is 1. The molecule has 32 heavy (non-hydrogen) atoms. The van der Waals surface area contributed by atoms with Crippen molar-refractivity contribution in [3.63, 3.8) is 0 Å². The van der Waals surface area contributed by atoms with E-state index in [1.54, 1.807) is 17.4 Å². The standard InChI is InChI=1S/C24H27ClN4O2S/c1-29-9-8-21-15(13-29)12-22(32-21)24(31)28-19-5-3-2-4-18(19)27-23(30)20-11-14-10-16(25)6-7-17(14)26-20/h6-7,10-12,18-19,26H,2-5,8-9,13H2,1H3,(H,27,30)(H,28,31). The SMILES string of the molecule is CN1CCc2sc(C(=O)NC3CCCCC3NC(=O)c3cc4cc(Cl)ccc4[nH]3)cc2C1. The first-order valence-electron chi connectivity index (χ1n) is 11.2. The number of nitrogens with zero attached hydrogens (tertiary/aromatic N) is 1. The molecule has 1 fully saturated rings. The maximum absolute atomic E-state index is 13.0. The summed E-state index contributed by atoms with van der Waals surface area (Å²) in [6.45, 7) is 1.93. The highest BCUT2D eigenvalue weighted by Gasteiger charge is 2.30. The Morgan fingerprint density at radius 3 is 2.62 bits per heavy atom. The second-order valence-electron chi connectivity index (χ2n) is 8.91. The van der Waals surface area contributed by atoms with Crippen LogP contribution in [-0.2, 0) is 13.0 Å². The van der Waals surface area contributed by atoms with E-state index < -0.39 is 0 Å². The van der Waals surface area contributed by atoms with Gasteiger partial charge < -0.3 is 20.5 Å². The van der Waals surface area contributed by atoms with Crippen LogP contribution < -0.4 is 10.6 Å². The normalized spacial score (nSPS) is 21.3. The maximum Gasteiger partial charge on any atom is 0.268 e. The first kappa shape index (κ1) is 21.5. The van der Waals surface area contributed by atoms with E-state index in [1.165, 1.54) is 10.4 Å². The predicted octanol–water partition coefficient (Wildman–Crippen LogP) is 4.34. The van der Waals surface area contributed by atoms with Crippen LogP contribution in [0, 0.1) is 0 Å². The van der Waals surface area contributed by atoms with Crippen LogP contribution in [0.3, 0.4) is 0 Å². The minimum Gasteiger partial charge on any atom is -0.351 e. The number of aromatic amines is 1. The molecule has 3 N–H and O–H groups in total. The van der Waals surface area contributed by atoms with Crippen molar-refractivity contribution < 1.29 is 9.59 Å². The fourth-order valence-corrected chi connectivity index (χ4v) is 6.02. The smallest absolute Gasteiger partial charge is 0.268 e. The molecule has 8 heteroatoms. The first-order chi connectivity index (χ1) is 15.5. The Hall–Kier alpha value is -2.35. The lowest BCUT2D eigenvalue weighted by Crippen LogP contribution is -2.53. The molecule has 6 nitrogen and oxygen atoms in total. The molecule has 2 unspecified atom stereocenters. The van der Waals surface area contributed by atoms with E-state index in [0.717, 1.165) is 61.0 Å². The number of nitrogens with one attached hydrogen (secondary N) is 3. The topological polar surface area (TPSA) is 77.2 Å². The van der Waals surface area contributed by atoms with E-state index in [4.69, 9.17) is 11.6 Å².